The minimum Gasteiger partial charge on any atom is -0.490 e. The molecular weight excluding hydrogens is 432 g/mol. The molecule has 2 aromatic rings. The topological polar surface area (TPSA) is 71.3 Å². The van der Waals surface area contributed by atoms with Crippen molar-refractivity contribution in [3.63, 3.8) is 0 Å². The van der Waals surface area contributed by atoms with Crippen molar-refractivity contribution in [2.24, 2.45) is 0 Å². The molecular formula is C23H21BrN2O3. The number of terminal acetylenes is 1. The molecule has 29 heavy (non-hydrogen) atoms. The van der Waals surface area contributed by atoms with Crippen LogP contribution in [0.25, 0.3) is 6.08 Å². The average Bonchev–Trinajstić information content (AvgIpc) is 2.69. The average molecular weight is 453 g/mol. The monoisotopic (exact) mass is 452 g/mol. The van der Waals surface area contributed by atoms with Crippen LogP contribution in [0.1, 0.15) is 23.6 Å². The molecule has 0 spiro atoms. The standard InChI is InChI=1S/C23H21BrN2O3/c1-5-9-29-22-13-19(24)17(12-21(22)28-6-2)11-18(14-25)23(27)26-20-8-7-15(3)10-16(20)4/h1,7-8,10-13H,6,9H2,2-4H3,(H,26,27)/b18-11+. The first-order chi connectivity index (χ1) is 13.9. The van der Waals surface area contributed by atoms with Crippen LogP contribution in [0.2, 0.25) is 0 Å². The summed E-state index contributed by atoms with van der Waals surface area (Å²) >= 11 is 3.44. The van der Waals surface area contributed by atoms with E-state index in [1.807, 2.05) is 45.0 Å². The number of carbonyl (C=O) groups is 1. The molecule has 2 rings (SSSR count). The van der Waals surface area contributed by atoms with E-state index in [0.29, 0.717) is 33.8 Å². The highest BCUT2D eigenvalue weighted by Crippen LogP contribution is 2.35. The van der Waals surface area contributed by atoms with Crippen molar-refractivity contribution in [3.8, 4) is 29.9 Å². The number of nitrogens with zero attached hydrogens (tertiary/aromatic N) is 1. The number of carbonyl (C=O) groups excluding carboxylic acids is 1. The lowest BCUT2D eigenvalue weighted by Crippen LogP contribution is -2.14. The maximum Gasteiger partial charge on any atom is 0.266 e. The van der Waals surface area contributed by atoms with E-state index in [1.165, 1.54) is 6.08 Å². The van der Waals surface area contributed by atoms with Crippen LogP contribution in [0.3, 0.4) is 0 Å². The van der Waals surface area contributed by atoms with Crippen molar-refractivity contribution in [1.29, 1.82) is 5.26 Å². The van der Waals surface area contributed by atoms with Gasteiger partial charge in [-0.2, -0.15) is 5.26 Å². The molecule has 0 unspecified atom stereocenters. The number of anilines is 1. The van der Waals surface area contributed by atoms with Crippen molar-refractivity contribution in [3.05, 3.63) is 57.1 Å². The zero-order valence-corrected chi connectivity index (χ0v) is 18.1. The Morgan fingerprint density at radius 3 is 2.59 bits per heavy atom. The van der Waals surface area contributed by atoms with Crippen molar-refractivity contribution < 1.29 is 14.3 Å². The summed E-state index contributed by atoms with van der Waals surface area (Å²) in [5.74, 6) is 2.87. The number of hydrogen-bond acceptors (Lipinski definition) is 4. The predicted octanol–water partition coefficient (Wildman–Crippen LogP) is 5.02. The zero-order chi connectivity index (χ0) is 21.4. The van der Waals surface area contributed by atoms with E-state index in [0.717, 1.165) is 11.1 Å². The summed E-state index contributed by atoms with van der Waals surface area (Å²) in [5, 5.41) is 12.3. The fourth-order valence-electron chi connectivity index (χ4n) is 2.61. The van der Waals surface area contributed by atoms with Gasteiger partial charge in [0.1, 0.15) is 18.2 Å². The molecule has 1 amide bonds. The largest absolute Gasteiger partial charge is 0.490 e. The molecule has 0 atom stereocenters. The Hall–Kier alpha value is -3.22. The molecule has 1 N–H and O–H groups in total. The highest BCUT2D eigenvalue weighted by atomic mass is 79.9. The first-order valence-electron chi connectivity index (χ1n) is 8.92. The number of ether oxygens (including phenoxy) is 2. The van der Waals surface area contributed by atoms with Crippen molar-refractivity contribution in [2.75, 3.05) is 18.5 Å². The summed E-state index contributed by atoms with van der Waals surface area (Å²) in [6, 6.07) is 11.0. The molecule has 6 heteroatoms. The van der Waals surface area contributed by atoms with Gasteiger partial charge >= 0.3 is 0 Å². The minimum absolute atomic E-state index is 0.0367. The van der Waals surface area contributed by atoms with Crippen LogP contribution in [0.5, 0.6) is 11.5 Å². The highest BCUT2D eigenvalue weighted by Gasteiger charge is 2.14. The molecule has 0 heterocycles. The van der Waals surface area contributed by atoms with Crippen LogP contribution >= 0.6 is 15.9 Å². The summed E-state index contributed by atoms with van der Waals surface area (Å²) in [5.41, 5.74) is 3.25. The second-order valence-corrected chi connectivity index (χ2v) is 7.04. The Morgan fingerprint density at radius 2 is 1.97 bits per heavy atom. The van der Waals surface area contributed by atoms with Gasteiger partial charge in [0.25, 0.3) is 5.91 Å². The van der Waals surface area contributed by atoms with E-state index in [2.05, 4.69) is 27.2 Å². The predicted molar refractivity (Wildman–Crippen MR) is 118 cm³/mol. The first-order valence-corrected chi connectivity index (χ1v) is 9.71. The van der Waals surface area contributed by atoms with Gasteiger partial charge in [-0.1, -0.05) is 39.5 Å². The Bertz CT molecular complexity index is 1030. The lowest BCUT2D eigenvalue weighted by Gasteiger charge is -2.13. The van der Waals surface area contributed by atoms with Gasteiger partial charge in [0.15, 0.2) is 11.5 Å². The molecule has 5 nitrogen and oxygen atoms in total. The first kappa shape index (κ1) is 22.1. The Labute approximate surface area is 179 Å². The van der Waals surface area contributed by atoms with Gasteiger partial charge in [-0.3, -0.25) is 4.79 Å². The van der Waals surface area contributed by atoms with Gasteiger partial charge in [-0.25, -0.2) is 0 Å². The fraction of sp³-hybridized carbons (Fsp3) is 0.217. The van der Waals surface area contributed by atoms with E-state index < -0.39 is 5.91 Å². The van der Waals surface area contributed by atoms with Crippen molar-refractivity contribution in [2.45, 2.75) is 20.8 Å². The van der Waals surface area contributed by atoms with Gasteiger partial charge < -0.3 is 14.8 Å². The number of amides is 1. The maximum absolute atomic E-state index is 12.6. The molecule has 0 aromatic heterocycles. The van der Waals surface area contributed by atoms with Gasteiger partial charge in [0.05, 0.1) is 6.61 Å². The molecule has 0 saturated heterocycles. The smallest absolute Gasteiger partial charge is 0.266 e. The zero-order valence-electron chi connectivity index (χ0n) is 16.5. The Morgan fingerprint density at radius 1 is 1.24 bits per heavy atom. The quantitative estimate of drug-likeness (QED) is 0.363. The minimum atomic E-state index is -0.489. The van der Waals surface area contributed by atoms with E-state index in [4.69, 9.17) is 15.9 Å². The third-order valence-corrected chi connectivity index (χ3v) is 4.66. The molecule has 0 aliphatic heterocycles. The van der Waals surface area contributed by atoms with E-state index in [9.17, 15) is 10.1 Å². The summed E-state index contributed by atoms with van der Waals surface area (Å²) < 4.78 is 11.7. The molecule has 0 bridgehead atoms. The van der Waals surface area contributed by atoms with Gasteiger partial charge in [0, 0.05) is 10.2 Å². The van der Waals surface area contributed by atoms with Crippen LogP contribution < -0.4 is 14.8 Å². The molecule has 2 aromatic carbocycles. The summed E-state index contributed by atoms with van der Waals surface area (Å²) in [7, 11) is 0. The van der Waals surface area contributed by atoms with E-state index in [-0.39, 0.29) is 12.2 Å². The number of rotatable bonds is 7. The van der Waals surface area contributed by atoms with Gasteiger partial charge in [-0.15, -0.1) is 6.42 Å². The number of aryl methyl sites for hydroxylation is 2. The maximum atomic E-state index is 12.6. The Kier molecular flexibility index (Phi) is 7.88. The number of halogens is 1. The van der Waals surface area contributed by atoms with Crippen LogP contribution in [0, 0.1) is 37.5 Å². The lowest BCUT2D eigenvalue weighted by atomic mass is 10.1. The van der Waals surface area contributed by atoms with Crippen LogP contribution in [0.15, 0.2) is 40.4 Å². The van der Waals surface area contributed by atoms with Crippen LogP contribution in [-0.2, 0) is 4.79 Å². The summed E-state index contributed by atoms with van der Waals surface area (Å²) in [4.78, 5) is 12.6. The number of hydrogen-bond donors (Lipinski definition) is 1. The number of nitrogens with one attached hydrogen (secondary N) is 1. The molecule has 0 saturated carbocycles. The molecule has 0 aliphatic rings. The third kappa shape index (κ3) is 5.88. The van der Waals surface area contributed by atoms with Gasteiger partial charge in [0.2, 0.25) is 0 Å². The summed E-state index contributed by atoms with van der Waals surface area (Å²) in [6.45, 7) is 6.25. The molecule has 0 fully saturated rings. The van der Waals surface area contributed by atoms with E-state index >= 15 is 0 Å². The molecule has 148 valence electrons. The second-order valence-electron chi connectivity index (χ2n) is 6.19. The SMILES string of the molecule is C#CCOc1cc(Br)c(/C=C(\C#N)C(=O)Nc2ccc(C)cc2C)cc1OCC. The summed E-state index contributed by atoms with van der Waals surface area (Å²) in [6.07, 6.45) is 6.75. The highest BCUT2D eigenvalue weighted by molar-refractivity contribution is 9.10. The van der Waals surface area contributed by atoms with Crippen LogP contribution in [0.4, 0.5) is 5.69 Å². The number of benzene rings is 2. The third-order valence-electron chi connectivity index (χ3n) is 3.97. The Balaban J connectivity index is 2.36. The second kappa shape index (κ2) is 10.4. The normalized spacial score (nSPS) is 10.6. The van der Waals surface area contributed by atoms with Crippen molar-refractivity contribution in [1.82, 2.24) is 0 Å². The fourth-order valence-corrected chi connectivity index (χ4v) is 3.05. The molecule has 0 aliphatic carbocycles. The van der Waals surface area contributed by atoms with Gasteiger partial charge in [-0.05, 0) is 56.2 Å². The number of nitriles is 1. The van der Waals surface area contributed by atoms with Crippen LogP contribution in [-0.4, -0.2) is 19.1 Å². The van der Waals surface area contributed by atoms with E-state index in [1.54, 1.807) is 12.1 Å². The van der Waals surface area contributed by atoms with Crippen molar-refractivity contribution >= 4 is 33.6 Å². The lowest BCUT2D eigenvalue weighted by molar-refractivity contribution is -0.112. The molecule has 0 radical (unpaired) electrons.